The number of carboxylic acids is 1. The zero-order valence-corrected chi connectivity index (χ0v) is 18.5. The van der Waals surface area contributed by atoms with Crippen LogP contribution < -0.4 is 21.7 Å². The Kier molecular flexibility index (Phi) is 10.7. The molecule has 0 radical (unpaired) electrons. The Hall–Kier alpha value is -2.95. The van der Waals surface area contributed by atoms with E-state index in [1.807, 2.05) is 27.7 Å². The van der Waals surface area contributed by atoms with Gasteiger partial charge in [0.05, 0.1) is 12.4 Å². The first-order valence-electron chi connectivity index (χ1n) is 10.4. The molecule has 4 unspecified atom stereocenters. The van der Waals surface area contributed by atoms with E-state index in [9.17, 15) is 19.2 Å². The summed E-state index contributed by atoms with van der Waals surface area (Å²) in [4.78, 5) is 55.5. The van der Waals surface area contributed by atoms with E-state index in [1.54, 1.807) is 0 Å². The Morgan fingerprint density at radius 2 is 1.74 bits per heavy atom. The lowest BCUT2D eigenvalue weighted by Crippen LogP contribution is -2.57. The molecule has 0 spiro atoms. The van der Waals surface area contributed by atoms with Gasteiger partial charge in [-0.05, 0) is 18.3 Å². The number of nitrogens with zero attached hydrogens (tertiary/aromatic N) is 1. The van der Waals surface area contributed by atoms with E-state index >= 15 is 0 Å². The van der Waals surface area contributed by atoms with Gasteiger partial charge in [-0.25, -0.2) is 4.98 Å². The lowest BCUT2D eigenvalue weighted by Gasteiger charge is -2.26. The van der Waals surface area contributed by atoms with Crippen molar-refractivity contribution in [1.82, 2.24) is 25.9 Å². The summed E-state index contributed by atoms with van der Waals surface area (Å²) in [6.07, 6.45) is 4.07. The van der Waals surface area contributed by atoms with Crippen LogP contribution in [-0.4, -0.2) is 63.4 Å². The second-order valence-corrected chi connectivity index (χ2v) is 8.06. The van der Waals surface area contributed by atoms with E-state index in [-0.39, 0.29) is 18.3 Å². The number of hydrogen-bond acceptors (Lipinski definition) is 6. The van der Waals surface area contributed by atoms with Crippen LogP contribution in [0, 0.1) is 11.8 Å². The molecule has 1 aromatic heterocycles. The zero-order valence-electron chi connectivity index (χ0n) is 18.5. The Morgan fingerprint density at radius 3 is 2.26 bits per heavy atom. The number of carbonyl (C=O) groups excluding carboxylic acids is 3. The SMILES string of the molecule is CCC(C)C(N)C(=O)NC(CC(C)C)C(=O)NC(Cc1cnc[nH]1)C(=O)NCC(=O)O. The fourth-order valence-corrected chi connectivity index (χ4v) is 2.87. The molecule has 0 fully saturated rings. The molecule has 3 amide bonds. The molecular formula is C20H34N6O5. The van der Waals surface area contributed by atoms with Gasteiger partial charge < -0.3 is 31.8 Å². The zero-order chi connectivity index (χ0) is 23.6. The maximum Gasteiger partial charge on any atom is 0.322 e. The summed E-state index contributed by atoms with van der Waals surface area (Å²) in [7, 11) is 0. The van der Waals surface area contributed by atoms with Gasteiger partial charge in [0.15, 0.2) is 0 Å². The lowest BCUT2D eigenvalue weighted by atomic mass is 9.97. The smallest absolute Gasteiger partial charge is 0.322 e. The second-order valence-electron chi connectivity index (χ2n) is 8.06. The molecule has 0 aliphatic heterocycles. The van der Waals surface area contributed by atoms with Crippen LogP contribution in [0.1, 0.15) is 46.2 Å². The van der Waals surface area contributed by atoms with E-state index in [0.29, 0.717) is 18.5 Å². The summed E-state index contributed by atoms with van der Waals surface area (Å²) in [5.41, 5.74) is 6.57. The number of aliphatic carboxylic acids is 1. The molecule has 0 aliphatic rings. The van der Waals surface area contributed by atoms with E-state index in [0.717, 1.165) is 0 Å². The average Bonchev–Trinajstić information content (AvgIpc) is 3.22. The monoisotopic (exact) mass is 438 g/mol. The fraction of sp³-hybridized carbons (Fsp3) is 0.650. The van der Waals surface area contributed by atoms with E-state index < -0.39 is 48.4 Å². The van der Waals surface area contributed by atoms with Crippen LogP contribution >= 0.6 is 0 Å². The van der Waals surface area contributed by atoms with Gasteiger partial charge in [-0.2, -0.15) is 0 Å². The maximum absolute atomic E-state index is 13.0. The van der Waals surface area contributed by atoms with Gasteiger partial charge in [0.25, 0.3) is 0 Å². The molecule has 11 heteroatoms. The third kappa shape index (κ3) is 9.16. The van der Waals surface area contributed by atoms with E-state index in [4.69, 9.17) is 10.8 Å². The summed E-state index contributed by atoms with van der Waals surface area (Å²) >= 11 is 0. The van der Waals surface area contributed by atoms with Crippen molar-refractivity contribution in [3.8, 4) is 0 Å². The third-order valence-corrected chi connectivity index (χ3v) is 4.93. The second kappa shape index (κ2) is 12.7. The Balaban J connectivity index is 2.95. The standard InChI is InChI=1S/C20H34N6O5/c1-5-12(4)17(21)20(31)26-14(6-11(2)3)19(30)25-15(7-13-8-22-10-24-13)18(29)23-9-16(27)28/h8,10-12,14-15,17H,5-7,9,21H2,1-4H3,(H,22,24)(H,23,29)(H,25,30)(H,26,31)(H,27,28). The van der Waals surface area contributed by atoms with E-state index in [1.165, 1.54) is 12.5 Å². The number of nitrogens with two attached hydrogens (primary N) is 1. The minimum absolute atomic E-state index is 0.0577. The van der Waals surface area contributed by atoms with Crippen LogP contribution in [0.5, 0.6) is 0 Å². The number of amides is 3. The summed E-state index contributed by atoms with van der Waals surface area (Å²) < 4.78 is 0. The normalized spacial score (nSPS) is 14.9. The van der Waals surface area contributed by atoms with Crippen molar-refractivity contribution in [2.45, 2.75) is 65.1 Å². The van der Waals surface area contributed by atoms with Crippen LogP contribution in [-0.2, 0) is 25.6 Å². The van der Waals surface area contributed by atoms with Crippen molar-refractivity contribution in [3.63, 3.8) is 0 Å². The van der Waals surface area contributed by atoms with Crippen LogP contribution in [0.25, 0.3) is 0 Å². The molecule has 7 N–H and O–H groups in total. The minimum atomic E-state index is -1.20. The number of nitrogens with one attached hydrogen (secondary N) is 4. The van der Waals surface area contributed by atoms with Crippen LogP contribution in [0.3, 0.4) is 0 Å². The van der Waals surface area contributed by atoms with Crippen molar-refractivity contribution in [1.29, 1.82) is 0 Å². The highest BCUT2D eigenvalue weighted by atomic mass is 16.4. The number of H-pyrrole nitrogens is 1. The third-order valence-electron chi connectivity index (χ3n) is 4.93. The highest BCUT2D eigenvalue weighted by Gasteiger charge is 2.30. The molecule has 4 atom stereocenters. The first-order chi connectivity index (χ1) is 14.5. The topological polar surface area (TPSA) is 179 Å². The largest absolute Gasteiger partial charge is 0.480 e. The fourth-order valence-electron chi connectivity index (χ4n) is 2.87. The quantitative estimate of drug-likeness (QED) is 0.241. The number of imidazole rings is 1. The molecule has 1 rings (SSSR count). The first kappa shape index (κ1) is 26.1. The highest BCUT2D eigenvalue weighted by molar-refractivity contribution is 5.93. The van der Waals surface area contributed by atoms with Gasteiger partial charge in [0.2, 0.25) is 17.7 Å². The summed E-state index contributed by atoms with van der Waals surface area (Å²) in [6, 6.07) is -2.70. The Morgan fingerprint density at radius 1 is 1.10 bits per heavy atom. The van der Waals surface area contributed by atoms with Crippen molar-refractivity contribution in [3.05, 3.63) is 18.2 Å². The molecule has 11 nitrogen and oxygen atoms in total. The van der Waals surface area contributed by atoms with Crippen LogP contribution in [0.2, 0.25) is 0 Å². The summed E-state index contributed by atoms with van der Waals surface area (Å²) in [5, 5.41) is 16.4. The van der Waals surface area contributed by atoms with Gasteiger partial charge >= 0.3 is 5.97 Å². The van der Waals surface area contributed by atoms with E-state index in [2.05, 4.69) is 25.9 Å². The van der Waals surface area contributed by atoms with Crippen molar-refractivity contribution in [2.24, 2.45) is 17.6 Å². The van der Waals surface area contributed by atoms with Gasteiger partial charge in [0, 0.05) is 18.3 Å². The van der Waals surface area contributed by atoms with Gasteiger partial charge in [0.1, 0.15) is 18.6 Å². The Bertz CT molecular complexity index is 736. The molecule has 31 heavy (non-hydrogen) atoms. The number of carbonyl (C=O) groups is 4. The highest BCUT2D eigenvalue weighted by Crippen LogP contribution is 2.10. The number of aromatic amines is 1. The van der Waals surface area contributed by atoms with Crippen molar-refractivity contribution < 1.29 is 24.3 Å². The number of rotatable bonds is 13. The molecule has 0 bridgehead atoms. The van der Waals surface area contributed by atoms with Crippen molar-refractivity contribution in [2.75, 3.05) is 6.54 Å². The molecule has 0 aromatic carbocycles. The predicted molar refractivity (Wildman–Crippen MR) is 114 cm³/mol. The first-order valence-corrected chi connectivity index (χ1v) is 10.4. The minimum Gasteiger partial charge on any atom is -0.480 e. The summed E-state index contributed by atoms with van der Waals surface area (Å²) in [6.45, 7) is 7.01. The van der Waals surface area contributed by atoms with Crippen LogP contribution in [0.15, 0.2) is 12.5 Å². The van der Waals surface area contributed by atoms with Gasteiger partial charge in [-0.15, -0.1) is 0 Å². The molecule has 0 saturated carbocycles. The molecule has 1 heterocycles. The number of aromatic nitrogens is 2. The van der Waals surface area contributed by atoms with Crippen LogP contribution in [0.4, 0.5) is 0 Å². The number of hydrogen-bond donors (Lipinski definition) is 6. The van der Waals surface area contributed by atoms with Gasteiger partial charge in [-0.1, -0.05) is 34.1 Å². The molecule has 1 aromatic rings. The summed E-state index contributed by atoms with van der Waals surface area (Å²) in [5.74, 6) is -2.82. The predicted octanol–water partition coefficient (Wildman–Crippen LogP) is -0.458. The molecule has 0 saturated heterocycles. The van der Waals surface area contributed by atoms with Crippen molar-refractivity contribution >= 4 is 23.7 Å². The Labute approximate surface area is 181 Å². The number of carboxylic acid groups (broad SMARTS) is 1. The maximum atomic E-state index is 13.0. The lowest BCUT2D eigenvalue weighted by molar-refractivity contribution is -0.138. The molecule has 0 aliphatic carbocycles. The average molecular weight is 439 g/mol. The molecule has 174 valence electrons. The molecular weight excluding hydrogens is 404 g/mol. The van der Waals surface area contributed by atoms with Gasteiger partial charge in [-0.3, -0.25) is 19.2 Å².